The second kappa shape index (κ2) is 7.44. The third kappa shape index (κ3) is 3.38. The van der Waals surface area contributed by atoms with E-state index in [1.54, 1.807) is 24.4 Å². The van der Waals surface area contributed by atoms with Gasteiger partial charge in [0.25, 0.3) is 11.8 Å². The summed E-state index contributed by atoms with van der Waals surface area (Å²) in [7, 11) is 0. The van der Waals surface area contributed by atoms with Crippen LogP contribution in [0.2, 0.25) is 5.02 Å². The number of anilines is 1. The van der Waals surface area contributed by atoms with Crippen LogP contribution in [0.25, 0.3) is 10.9 Å². The van der Waals surface area contributed by atoms with Crippen molar-refractivity contribution in [2.24, 2.45) is 0 Å². The summed E-state index contributed by atoms with van der Waals surface area (Å²) in [5.41, 5.74) is -0.183. The summed E-state index contributed by atoms with van der Waals surface area (Å²) >= 11 is 5.80. The van der Waals surface area contributed by atoms with E-state index in [4.69, 9.17) is 11.6 Å². The number of aliphatic hydroxyl groups is 1. The molecule has 1 fully saturated rings. The highest BCUT2D eigenvalue weighted by Gasteiger charge is 2.51. The third-order valence-corrected chi connectivity index (χ3v) is 5.36. The lowest BCUT2D eigenvalue weighted by molar-refractivity contribution is -0.149. The van der Waals surface area contributed by atoms with Crippen molar-refractivity contribution in [2.45, 2.75) is 18.6 Å². The first-order chi connectivity index (χ1) is 14.3. The Morgan fingerprint density at radius 2 is 2.17 bits per heavy atom. The molecule has 0 bridgehead atoms. The van der Waals surface area contributed by atoms with Gasteiger partial charge in [0.1, 0.15) is 11.9 Å². The number of carbonyl (C=O) groups is 2. The highest BCUT2D eigenvalue weighted by Crippen LogP contribution is 2.31. The van der Waals surface area contributed by atoms with Gasteiger partial charge in [-0.05, 0) is 42.0 Å². The van der Waals surface area contributed by atoms with Crippen molar-refractivity contribution in [3.63, 3.8) is 0 Å². The molecule has 2 amide bonds. The van der Waals surface area contributed by atoms with E-state index in [2.05, 4.69) is 16.4 Å². The minimum absolute atomic E-state index is 0.0905. The summed E-state index contributed by atoms with van der Waals surface area (Å²) < 4.78 is 13.4. The maximum atomic E-state index is 13.4. The van der Waals surface area contributed by atoms with E-state index >= 15 is 0 Å². The number of halogens is 2. The van der Waals surface area contributed by atoms with Crippen LogP contribution in [0.4, 0.5) is 10.1 Å². The van der Waals surface area contributed by atoms with E-state index in [1.807, 2.05) is 0 Å². The molecule has 0 unspecified atom stereocenters. The normalized spacial score (nSPS) is 18.6. The Morgan fingerprint density at radius 1 is 1.37 bits per heavy atom. The van der Waals surface area contributed by atoms with Crippen molar-refractivity contribution in [3.8, 4) is 6.07 Å². The summed E-state index contributed by atoms with van der Waals surface area (Å²) in [6, 6.07) is 11.0. The van der Waals surface area contributed by atoms with Gasteiger partial charge in [0.05, 0.1) is 5.56 Å². The van der Waals surface area contributed by atoms with Crippen LogP contribution in [0.5, 0.6) is 0 Å². The Bertz CT molecular complexity index is 1200. The number of aromatic amines is 1. The van der Waals surface area contributed by atoms with Crippen molar-refractivity contribution in [1.29, 1.82) is 5.26 Å². The molecule has 1 saturated heterocycles. The van der Waals surface area contributed by atoms with Gasteiger partial charge in [-0.15, -0.1) is 0 Å². The Balaban J connectivity index is 1.52. The number of H-pyrrole nitrogens is 1. The highest BCUT2D eigenvalue weighted by molar-refractivity contribution is 6.30. The lowest BCUT2D eigenvalue weighted by Gasteiger charge is -2.22. The van der Waals surface area contributed by atoms with Crippen LogP contribution < -0.4 is 10.2 Å². The molecule has 0 spiro atoms. The zero-order chi connectivity index (χ0) is 21.5. The first-order valence-corrected chi connectivity index (χ1v) is 9.48. The van der Waals surface area contributed by atoms with E-state index in [-0.39, 0.29) is 24.5 Å². The molecule has 0 radical (unpaired) electrons. The summed E-state index contributed by atoms with van der Waals surface area (Å²) in [5, 5.41) is 23.3. The number of nitrogens with zero attached hydrogens (tertiary/aromatic N) is 2. The van der Waals surface area contributed by atoms with Gasteiger partial charge in [-0.2, -0.15) is 5.26 Å². The van der Waals surface area contributed by atoms with Crippen molar-refractivity contribution in [2.75, 3.05) is 11.4 Å². The van der Waals surface area contributed by atoms with Crippen LogP contribution in [0, 0.1) is 17.1 Å². The largest absolute Gasteiger partial charge is 0.372 e. The number of aromatic nitrogens is 1. The number of nitriles is 1. The van der Waals surface area contributed by atoms with Crippen LogP contribution in [0.3, 0.4) is 0 Å². The van der Waals surface area contributed by atoms with Gasteiger partial charge in [0, 0.05) is 47.3 Å². The Hall–Kier alpha value is -3.41. The van der Waals surface area contributed by atoms with E-state index in [1.165, 1.54) is 17.0 Å². The average molecular weight is 427 g/mol. The molecule has 2 heterocycles. The first-order valence-electron chi connectivity index (χ1n) is 9.10. The van der Waals surface area contributed by atoms with Gasteiger partial charge < -0.3 is 20.3 Å². The number of hydrogen-bond donors (Lipinski definition) is 3. The molecule has 0 aliphatic carbocycles. The molecule has 1 aliphatic heterocycles. The number of fused-ring (bicyclic) bond motifs is 1. The standard InChI is InChI=1S/C21H16ClFN4O3/c22-14-5-12(6-15(23)7-14)10-26-19(28)21(30)3-4-27(20(21)29)16-1-2-18-17(8-16)13(9-24)11-25-18/h1-2,5-8,11,25,30H,3-4,10H2,(H,26,28)/t21-/m0/s1. The minimum Gasteiger partial charge on any atom is -0.372 e. The SMILES string of the molecule is N#Cc1c[nH]c2ccc(N3CC[C@](O)(C(=O)NCc4cc(F)cc(Cl)c4)C3=O)cc12. The average Bonchev–Trinajstić information content (AvgIpc) is 3.26. The first kappa shape index (κ1) is 19.9. The van der Waals surface area contributed by atoms with Crippen LogP contribution in [0.1, 0.15) is 17.5 Å². The monoisotopic (exact) mass is 426 g/mol. The maximum Gasteiger partial charge on any atom is 0.268 e. The number of carbonyl (C=O) groups excluding carboxylic acids is 2. The number of benzene rings is 2. The molecule has 1 aliphatic rings. The summed E-state index contributed by atoms with van der Waals surface area (Å²) in [5.74, 6) is -2.17. The summed E-state index contributed by atoms with van der Waals surface area (Å²) in [4.78, 5) is 29.7. The van der Waals surface area contributed by atoms with E-state index in [0.29, 0.717) is 22.2 Å². The topological polar surface area (TPSA) is 109 Å². The molecule has 3 aromatic rings. The van der Waals surface area contributed by atoms with Gasteiger partial charge >= 0.3 is 0 Å². The van der Waals surface area contributed by atoms with Gasteiger partial charge in [-0.3, -0.25) is 9.59 Å². The van der Waals surface area contributed by atoms with Gasteiger partial charge in [-0.1, -0.05) is 11.6 Å². The molecule has 2 aromatic carbocycles. The molecule has 4 rings (SSSR count). The zero-order valence-corrected chi connectivity index (χ0v) is 16.3. The molecule has 1 atom stereocenters. The molecule has 9 heteroatoms. The summed E-state index contributed by atoms with van der Waals surface area (Å²) in [6.45, 7) is 0.0408. The number of nitrogens with one attached hydrogen (secondary N) is 2. The Labute approximate surface area is 175 Å². The molecular weight excluding hydrogens is 411 g/mol. The maximum absolute atomic E-state index is 13.4. The number of amides is 2. The zero-order valence-electron chi connectivity index (χ0n) is 15.6. The fraction of sp³-hybridized carbons (Fsp3) is 0.190. The molecule has 7 nitrogen and oxygen atoms in total. The smallest absolute Gasteiger partial charge is 0.268 e. The second-order valence-corrected chi connectivity index (χ2v) is 7.51. The second-order valence-electron chi connectivity index (χ2n) is 7.07. The van der Waals surface area contributed by atoms with Crippen molar-refractivity contribution >= 4 is 40.0 Å². The van der Waals surface area contributed by atoms with E-state index in [9.17, 15) is 24.3 Å². The molecular formula is C21H16ClFN4O3. The van der Waals surface area contributed by atoms with Crippen molar-refractivity contribution < 1.29 is 19.1 Å². The lowest BCUT2D eigenvalue weighted by atomic mass is 10.0. The Morgan fingerprint density at radius 3 is 2.90 bits per heavy atom. The molecule has 3 N–H and O–H groups in total. The highest BCUT2D eigenvalue weighted by atomic mass is 35.5. The van der Waals surface area contributed by atoms with Crippen LogP contribution in [0.15, 0.2) is 42.6 Å². The fourth-order valence-electron chi connectivity index (χ4n) is 3.57. The third-order valence-electron chi connectivity index (χ3n) is 5.14. The van der Waals surface area contributed by atoms with Crippen LogP contribution >= 0.6 is 11.6 Å². The molecule has 152 valence electrons. The predicted octanol–water partition coefficient (Wildman–Crippen LogP) is 2.62. The van der Waals surface area contributed by atoms with Crippen LogP contribution in [-0.2, 0) is 16.1 Å². The lowest BCUT2D eigenvalue weighted by Crippen LogP contribution is -2.52. The Kier molecular flexibility index (Phi) is 4.94. The van der Waals surface area contributed by atoms with E-state index in [0.717, 1.165) is 11.6 Å². The molecule has 30 heavy (non-hydrogen) atoms. The molecule has 1 aromatic heterocycles. The number of hydrogen-bond acceptors (Lipinski definition) is 4. The number of rotatable bonds is 4. The van der Waals surface area contributed by atoms with Gasteiger partial charge in [0.2, 0.25) is 5.60 Å². The minimum atomic E-state index is -2.23. The van der Waals surface area contributed by atoms with Crippen molar-refractivity contribution in [3.05, 3.63) is 64.6 Å². The van der Waals surface area contributed by atoms with Gasteiger partial charge in [-0.25, -0.2) is 4.39 Å². The quantitative estimate of drug-likeness (QED) is 0.557. The summed E-state index contributed by atoms with van der Waals surface area (Å²) in [6.07, 6.45) is 1.47. The van der Waals surface area contributed by atoms with Crippen LogP contribution in [-0.4, -0.2) is 34.1 Å². The fourth-order valence-corrected chi connectivity index (χ4v) is 3.82. The van der Waals surface area contributed by atoms with Crippen molar-refractivity contribution in [1.82, 2.24) is 10.3 Å². The van der Waals surface area contributed by atoms with Gasteiger partial charge in [0.15, 0.2) is 0 Å². The predicted molar refractivity (Wildman–Crippen MR) is 108 cm³/mol. The molecule has 0 saturated carbocycles. The van der Waals surface area contributed by atoms with E-state index < -0.39 is 23.2 Å².